The zero-order valence-electron chi connectivity index (χ0n) is 11.9. The minimum atomic E-state index is -3.21. The molecule has 1 aromatic heterocycles. The fourth-order valence-corrected chi connectivity index (χ4v) is 2.27. The van der Waals surface area contributed by atoms with E-state index >= 15 is 0 Å². The van der Waals surface area contributed by atoms with Crippen molar-refractivity contribution in [2.24, 2.45) is 0 Å². The van der Waals surface area contributed by atoms with Crippen LogP contribution in [-0.2, 0) is 16.4 Å². The van der Waals surface area contributed by atoms with Crippen molar-refractivity contribution in [2.75, 3.05) is 11.7 Å². The summed E-state index contributed by atoms with van der Waals surface area (Å²) in [6.07, 6.45) is 2.75. The lowest BCUT2D eigenvalue weighted by Crippen LogP contribution is -2.38. The van der Waals surface area contributed by atoms with Crippen molar-refractivity contribution in [3.63, 3.8) is 0 Å². The topological polar surface area (TPSA) is 100 Å². The number of nitrogens with one attached hydrogen (secondary N) is 3. The normalized spacial score (nSPS) is 10.8. The molecular weight excluding hydrogens is 304 g/mol. The highest BCUT2D eigenvalue weighted by Crippen LogP contribution is 2.10. The van der Waals surface area contributed by atoms with Crippen molar-refractivity contribution >= 4 is 21.7 Å². The molecule has 3 N–H and O–H groups in total. The molecule has 0 unspecified atom stereocenters. The van der Waals surface area contributed by atoms with Gasteiger partial charge in [0.15, 0.2) is 9.84 Å². The van der Waals surface area contributed by atoms with E-state index in [0.29, 0.717) is 5.82 Å². The number of rotatable bonds is 5. The van der Waals surface area contributed by atoms with Gasteiger partial charge in [0.25, 0.3) is 0 Å². The second-order valence-electron chi connectivity index (χ2n) is 4.56. The molecule has 0 saturated carbocycles. The molecule has 116 valence electrons. The van der Waals surface area contributed by atoms with Crippen LogP contribution in [0.1, 0.15) is 5.56 Å². The molecule has 0 aliphatic carbocycles. The lowest BCUT2D eigenvalue weighted by molar-refractivity contribution is 0.242. The first-order valence-electron chi connectivity index (χ1n) is 6.45. The summed E-state index contributed by atoms with van der Waals surface area (Å²) in [6, 6.07) is 11.2. The van der Waals surface area contributed by atoms with E-state index in [4.69, 9.17) is 0 Å². The molecule has 0 aliphatic rings. The Morgan fingerprint density at radius 3 is 2.45 bits per heavy atom. The highest BCUT2D eigenvalue weighted by atomic mass is 32.2. The zero-order valence-corrected chi connectivity index (χ0v) is 12.7. The van der Waals surface area contributed by atoms with Gasteiger partial charge in [0, 0.05) is 19.0 Å². The van der Waals surface area contributed by atoms with Gasteiger partial charge in [-0.3, -0.25) is 10.9 Å². The molecule has 1 aromatic carbocycles. The van der Waals surface area contributed by atoms with Gasteiger partial charge < -0.3 is 5.32 Å². The third kappa shape index (κ3) is 4.74. The maximum Gasteiger partial charge on any atom is 0.333 e. The highest BCUT2D eigenvalue weighted by Gasteiger charge is 2.06. The monoisotopic (exact) mass is 320 g/mol. The van der Waals surface area contributed by atoms with Crippen LogP contribution in [0.4, 0.5) is 10.6 Å². The summed E-state index contributed by atoms with van der Waals surface area (Å²) >= 11 is 0. The average Bonchev–Trinajstić information content (AvgIpc) is 2.51. The molecule has 0 atom stereocenters. The SMILES string of the molecule is CS(=O)(=O)c1ccc(CNC(=O)NNc2ccccn2)cc1. The first kappa shape index (κ1) is 15.8. The van der Waals surface area contributed by atoms with Gasteiger partial charge in [-0.15, -0.1) is 0 Å². The molecule has 22 heavy (non-hydrogen) atoms. The second-order valence-corrected chi connectivity index (χ2v) is 6.58. The molecule has 0 saturated heterocycles. The second kappa shape index (κ2) is 6.90. The smallest absolute Gasteiger partial charge is 0.333 e. The standard InChI is InChI=1S/C14H16N4O3S/c1-22(20,21)12-7-5-11(6-8-12)10-16-14(19)18-17-13-4-2-3-9-15-13/h2-9H,10H2,1H3,(H,15,17)(H2,16,18,19). The van der Waals surface area contributed by atoms with Crippen LogP contribution in [0, 0.1) is 0 Å². The quantitative estimate of drug-likeness (QED) is 0.721. The van der Waals surface area contributed by atoms with Crippen LogP contribution in [0.5, 0.6) is 0 Å². The van der Waals surface area contributed by atoms with Crippen molar-refractivity contribution in [2.45, 2.75) is 11.4 Å². The molecule has 8 heteroatoms. The van der Waals surface area contributed by atoms with Gasteiger partial charge in [-0.2, -0.15) is 0 Å². The van der Waals surface area contributed by atoms with Crippen LogP contribution >= 0.6 is 0 Å². The lowest BCUT2D eigenvalue weighted by atomic mass is 10.2. The highest BCUT2D eigenvalue weighted by molar-refractivity contribution is 7.90. The number of amides is 2. The van der Waals surface area contributed by atoms with Crippen molar-refractivity contribution in [1.29, 1.82) is 0 Å². The number of carbonyl (C=O) groups is 1. The van der Waals surface area contributed by atoms with E-state index in [1.165, 1.54) is 12.1 Å². The van der Waals surface area contributed by atoms with Gasteiger partial charge in [0.05, 0.1) is 4.90 Å². The Kier molecular flexibility index (Phi) is 4.95. The molecule has 2 rings (SSSR count). The van der Waals surface area contributed by atoms with E-state index in [1.54, 1.807) is 36.5 Å². The van der Waals surface area contributed by atoms with Gasteiger partial charge in [-0.25, -0.2) is 18.2 Å². The summed E-state index contributed by atoms with van der Waals surface area (Å²) < 4.78 is 22.7. The number of anilines is 1. The number of pyridine rings is 1. The Morgan fingerprint density at radius 2 is 1.86 bits per heavy atom. The largest absolute Gasteiger partial charge is 0.333 e. The summed E-state index contributed by atoms with van der Waals surface area (Å²) in [6.45, 7) is 0.278. The van der Waals surface area contributed by atoms with Crippen molar-refractivity contribution in [3.8, 4) is 0 Å². The minimum absolute atomic E-state index is 0.248. The molecule has 0 fully saturated rings. The molecule has 0 spiro atoms. The van der Waals surface area contributed by atoms with Crippen LogP contribution < -0.4 is 16.2 Å². The Labute approximate surface area is 128 Å². The molecule has 7 nitrogen and oxygen atoms in total. The van der Waals surface area contributed by atoms with Crippen molar-refractivity contribution in [3.05, 3.63) is 54.2 Å². The number of urea groups is 1. The fourth-order valence-electron chi connectivity index (χ4n) is 1.64. The van der Waals surface area contributed by atoms with Gasteiger partial charge >= 0.3 is 6.03 Å². The number of nitrogens with zero attached hydrogens (tertiary/aromatic N) is 1. The average molecular weight is 320 g/mol. The number of benzene rings is 1. The molecule has 2 aromatic rings. The number of hydrogen-bond acceptors (Lipinski definition) is 5. The molecule has 0 radical (unpaired) electrons. The number of hydrogen-bond donors (Lipinski definition) is 3. The van der Waals surface area contributed by atoms with Crippen LogP contribution in [0.3, 0.4) is 0 Å². The predicted octanol–water partition coefficient (Wildman–Crippen LogP) is 1.31. The van der Waals surface area contributed by atoms with Gasteiger partial charge in [-0.1, -0.05) is 18.2 Å². The van der Waals surface area contributed by atoms with E-state index in [2.05, 4.69) is 21.2 Å². The van der Waals surface area contributed by atoms with Crippen LogP contribution in [0.25, 0.3) is 0 Å². The van der Waals surface area contributed by atoms with E-state index in [1.807, 2.05) is 0 Å². The summed E-state index contributed by atoms with van der Waals surface area (Å²) in [5.41, 5.74) is 5.90. The van der Waals surface area contributed by atoms with Crippen molar-refractivity contribution < 1.29 is 13.2 Å². The van der Waals surface area contributed by atoms with Crippen LogP contribution in [0.15, 0.2) is 53.6 Å². The van der Waals surface area contributed by atoms with Crippen LogP contribution in [-0.4, -0.2) is 25.7 Å². The van der Waals surface area contributed by atoms with Crippen molar-refractivity contribution in [1.82, 2.24) is 15.7 Å². The summed E-state index contributed by atoms with van der Waals surface area (Å²) in [5, 5.41) is 2.64. The molecule has 1 heterocycles. The first-order valence-corrected chi connectivity index (χ1v) is 8.34. The number of sulfone groups is 1. The first-order chi connectivity index (χ1) is 10.4. The van der Waals surface area contributed by atoms with Crippen LogP contribution in [0.2, 0.25) is 0 Å². The third-order valence-electron chi connectivity index (χ3n) is 2.77. The summed E-state index contributed by atoms with van der Waals surface area (Å²) in [7, 11) is -3.21. The Bertz CT molecular complexity index is 730. The summed E-state index contributed by atoms with van der Waals surface area (Å²) in [5.74, 6) is 0.523. The zero-order chi connectivity index (χ0) is 16.0. The lowest BCUT2D eigenvalue weighted by Gasteiger charge is -2.09. The van der Waals surface area contributed by atoms with E-state index in [9.17, 15) is 13.2 Å². The summed E-state index contributed by atoms with van der Waals surface area (Å²) in [4.78, 5) is 15.8. The van der Waals surface area contributed by atoms with Gasteiger partial charge in [0.1, 0.15) is 5.82 Å². The minimum Gasteiger partial charge on any atom is -0.333 e. The molecular formula is C14H16N4O3S. The van der Waals surface area contributed by atoms with Gasteiger partial charge in [0.2, 0.25) is 0 Å². The third-order valence-corrected chi connectivity index (χ3v) is 3.90. The van der Waals surface area contributed by atoms with Gasteiger partial charge in [-0.05, 0) is 29.8 Å². The Hall–Kier alpha value is -2.61. The maximum absolute atomic E-state index is 11.6. The maximum atomic E-state index is 11.6. The number of aromatic nitrogens is 1. The van der Waals surface area contributed by atoms with E-state index < -0.39 is 15.9 Å². The Balaban J connectivity index is 1.81. The number of hydrazine groups is 1. The Morgan fingerprint density at radius 1 is 1.14 bits per heavy atom. The fraction of sp³-hybridized carbons (Fsp3) is 0.143. The molecule has 0 bridgehead atoms. The number of carbonyl (C=O) groups excluding carboxylic acids is 1. The molecule has 0 aliphatic heterocycles. The molecule has 2 amide bonds. The van der Waals surface area contributed by atoms with E-state index in [0.717, 1.165) is 11.8 Å². The van der Waals surface area contributed by atoms with E-state index in [-0.39, 0.29) is 11.4 Å². The predicted molar refractivity (Wildman–Crippen MR) is 82.8 cm³/mol.